The number of hydrogen-bond acceptors (Lipinski definition) is 3. The number of hydrogen-bond donors (Lipinski definition) is 0. The van der Waals surface area contributed by atoms with Gasteiger partial charge in [-0.3, -0.25) is 4.79 Å². The maximum absolute atomic E-state index is 14.2. The number of pyridine rings is 1. The van der Waals surface area contributed by atoms with E-state index in [9.17, 15) is 22.4 Å². The fourth-order valence-corrected chi connectivity index (χ4v) is 3.80. The van der Waals surface area contributed by atoms with Gasteiger partial charge in [0.05, 0.1) is 5.92 Å². The summed E-state index contributed by atoms with van der Waals surface area (Å²) in [6.07, 6.45) is -3.20. The number of aryl methyl sites for hydroxylation is 1. The Morgan fingerprint density at radius 2 is 2.11 bits per heavy atom. The molecule has 3 rings (SSSR count). The van der Waals surface area contributed by atoms with Crippen LogP contribution in [0.5, 0.6) is 0 Å². The van der Waals surface area contributed by atoms with Crippen LogP contribution >= 0.6 is 0 Å². The zero-order valence-corrected chi connectivity index (χ0v) is 15.9. The van der Waals surface area contributed by atoms with Gasteiger partial charge < -0.3 is 9.80 Å². The average molecular weight is 397 g/mol. The molecule has 1 fully saturated rings. The number of nitrogens with zero attached hydrogens (tertiary/aromatic N) is 3. The predicted molar refractivity (Wildman–Crippen MR) is 99.7 cm³/mol. The van der Waals surface area contributed by atoms with E-state index in [2.05, 4.69) is 4.98 Å². The smallest absolute Gasteiger partial charge is 0.370 e. The standard InChI is InChI=1S/C20H23F4N3O/c1-3-26(12-20(22,23)24)19(28)14-6-5-9-27(11-14)17-10-13(2)25-18-15(17)7-4-8-16(18)21/h4,7-8,10,14H,3,5-6,9,11-12H2,1-2H3. The van der Waals surface area contributed by atoms with Crippen LogP contribution in [0.15, 0.2) is 24.3 Å². The minimum absolute atomic E-state index is 0.0113. The van der Waals surface area contributed by atoms with Gasteiger partial charge in [-0.2, -0.15) is 13.2 Å². The number of carbonyl (C=O) groups excluding carboxylic acids is 1. The number of para-hydroxylation sites is 1. The molecule has 0 saturated carbocycles. The van der Waals surface area contributed by atoms with E-state index < -0.39 is 30.4 Å². The second kappa shape index (κ2) is 7.93. The van der Waals surface area contributed by atoms with E-state index >= 15 is 0 Å². The van der Waals surface area contributed by atoms with Crippen molar-refractivity contribution in [2.24, 2.45) is 5.92 Å². The normalized spacial score (nSPS) is 17.8. The largest absolute Gasteiger partial charge is 0.406 e. The number of halogens is 4. The number of piperidine rings is 1. The van der Waals surface area contributed by atoms with Gasteiger partial charge in [0.2, 0.25) is 5.91 Å². The van der Waals surface area contributed by atoms with E-state index in [0.717, 1.165) is 10.6 Å². The molecule has 1 aromatic heterocycles. The Bertz CT molecular complexity index is 868. The van der Waals surface area contributed by atoms with Crippen molar-refractivity contribution in [3.63, 3.8) is 0 Å². The fourth-order valence-electron chi connectivity index (χ4n) is 3.80. The molecule has 1 amide bonds. The van der Waals surface area contributed by atoms with Crippen LogP contribution in [-0.4, -0.2) is 48.1 Å². The van der Waals surface area contributed by atoms with Crippen LogP contribution in [0, 0.1) is 18.7 Å². The topological polar surface area (TPSA) is 36.4 Å². The number of rotatable bonds is 4. The van der Waals surface area contributed by atoms with Crippen LogP contribution in [-0.2, 0) is 4.79 Å². The van der Waals surface area contributed by atoms with E-state index in [1.807, 2.05) is 11.0 Å². The molecule has 4 nitrogen and oxygen atoms in total. The van der Waals surface area contributed by atoms with Crippen LogP contribution in [0.3, 0.4) is 0 Å². The van der Waals surface area contributed by atoms with Gasteiger partial charge in [0.15, 0.2) is 0 Å². The van der Waals surface area contributed by atoms with Crippen LogP contribution in [0.4, 0.5) is 23.2 Å². The number of anilines is 1. The summed E-state index contributed by atoms with van der Waals surface area (Å²) >= 11 is 0. The summed E-state index contributed by atoms with van der Waals surface area (Å²) in [4.78, 5) is 19.8. The maximum atomic E-state index is 14.2. The number of aromatic nitrogens is 1. The molecular weight excluding hydrogens is 374 g/mol. The lowest BCUT2D eigenvalue weighted by molar-refractivity contribution is -0.163. The Labute approximate surface area is 161 Å². The number of alkyl halides is 3. The molecule has 2 heterocycles. The summed E-state index contributed by atoms with van der Waals surface area (Å²) < 4.78 is 52.5. The third-order valence-electron chi connectivity index (χ3n) is 5.07. The molecule has 2 aromatic rings. The van der Waals surface area contributed by atoms with E-state index in [4.69, 9.17) is 0 Å². The Balaban J connectivity index is 1.87. The Hall–Kier alpha value is -2.38. The molecule has 0 N–H and O–H groups in total. The van der Waals surface area contributed by atoms with Gasteiger partial charge >= 0.3 is 6.18 Å². The number of carbonyl (C=O) groups is 1. The molecule has 8 heteroatoms. The van der Waals surface area contributed by atoms with Gasteiger partial charge in [-0.25, -0.2) is 9.37 Å². The summed E-state index contributed by atoms with van der Waals surface area (Å²) in [6.45, 7) is 3.06. The SMILES string of the molecule is CCN(CC(F)(F)F)C(=O)C1CCCN(c2cc(C)nc3c(F)cccc23)C1. The zero-order valence-electron chi connectivity index (χ0n) is 15.9. The summed E-state index contributed by atoms with van der Waals surface area (Å²) in [6, 6.07) is 6.56. The van der Waals surface area contributed by atoms with Gasteiger partial charge in [0.25, 0.3) is 0 Å². The molecule has 0 aliphatic carbocycles. The number of benzene rings is 1. The minimum atomic E-state index is -4.42. The molecule has 0 spiro atoms. The highest BCUT2D eigenvalue weighted by Gasteiger charge is 2.36. The average Bonchev–Trinajstić information content (AvgIpc) is 2.65. The number of fused-ring (bicyclic) bond motifs is 1. The molecule has 28 heavy (non-hydrogen) atoms. The van der Waals surface area contributed by atoms with Crippen LogP contribution in [0.2, 0.25) is 0 Å². The second-order valence-corrected chi connectivity index (χ2v) is 7.17. The van der Waals surface area contributed by atoms with E-state index in [1.165, 1.54) is 6.07 Å². The van der Waals surface area contributed by atoms with Crippen molar-refractivity contribution in [1.29, 1.82) is 0 Å². The Morgan fingerprint density at radius 3 is 2.79 bits per heavy atom. The van der Waals surface area contributed by atoms with Crippen molar-refractivity contribution in [2.45, 2.75) is 32.9 Å². The molecule has 1 atom stereocenters. The summed E-state index contributed by atoms with van der Waals surface area (Å²) in [5, 5.41) is 0.640. The minimum Gasteiger partial charge on any atom is -0.370 e. The molecule has 1 unspecified atom stereocenters. The molecule has 152 valence electrons. The van der Waals surface area contributed by atoms with Crippen LogP contribution < -0.4 is 4.90 Å². The number of amides is 1. The molecule has 1 aliphatic rings. The Morgan fingerprint density at radius 1 is 1.36 bits per heavy atom. The highest BCUT2D eigenvalue weighted by molar-refractivity contribution is 5.92. The first-order chi connectivity index (χ1) is 13.2. The molecule has 0 radical (unpaired) electrons. The van der Waals surface area contributed by atoms with Crippen molar-refractivity contribution in [3.05, 3.63) is 35.8 Å². The molecule has 1 aromatic carbocycles. The molecule has 0 bridgehead atoms. The van der Waals surface area contributed by atoms with E-state index in [0.29, 0.717) is 37.0 Å². The van der Waals surface area contributed by atoms with Gasteiger partial charge in [-0.1, -0.05) is 12.1 Å². The summed E-state index contributed by atoms with van der Waals surface area (Å²) in [5.41, 5.74) is 1.67. The fraction of sp³-hybridized carbons (Fsp3) is 0.500. The van der Waals surface area contributed by atoms with Gasteiger partial charge in [-0.05, 0) is 38.8 Å². The van der Waals surface area contributed by atoms with E-state index in [-0.39, 0.29) is 12.1 Å². The van der Waals surface area contributed by atoms with Crippen LogP contribution in [0.1, 0.15) is 25.5 Å². The zero-order chi connectivity index (χ0) is 20.5. The highest BCUT2D eigenvalue weighted by atomic mass is 19.4. The van der Waals surface area contributed by atoms with Crippen molar-refractivity contribution < 1.29 is 22.4 Å². The molecule has 1 aliphatic heterocycles. The third-order valence-corrected chi connectivity index (χ3v) is 5.07. The van der Waals surface area contributed by atoms with Crippen molar-refractivity contribution in [3.8, 4) is 0 Å². The van der Waals surface area contributed by atoms with E-state index in [1.54, 1.807) is 26.0 Å². The lowest BCUT2D eigenvalue weighted by Crippen LogP contribution is -2.47. The van der Waals surface area contributed by atoms with Crippen molar-refractivity contribution >= 4 is 22.5 Å². The first-order valence-corrected chi connectivity index (χ1v) is 9.36. The molecular formula is C20H23F4N3O. The highest BCUT2D eigenvalue weighted by Crippen LogP contribution is 2.32. The lowest BCUT2D eigenvalue weighted by Gasteiger charge is -2.36. The van der Waals surface area contributed by atoms with Crippen LogP contribution in [0.25, 0.3) is 10.9 Å². The first kappa shape index (κ1) is 20.4. The summed E-state index contributed by atoms with van der Waals surface area (Å²) in [5.74, 6) is -1.42. The van der Waals surface area contributed by atoms with Crippen molar-refractivity contribution in [1.82, 2.24) is 9.88 Å². The van der Waals surface area contributed by atoms with Crippen molar-refractivity contribution in [2.75, 3.05) is 31.1 Å². The quantitative estimate of drug-likeness (QED) is 0.722. The second-order valence-electron chi connectivity index (χ2n) is 7.17. The maximum Gasteiger partial charge on any atom is 0.406 e. The van der Waals surface area contributed by atoms with Gasteiger partial charge in [-0.15, -0.1) is 0 Å². The molecule has 1 saturated heterocycles. The predicted octanol–water partition coefficient (Wildman–Crippen LogP) is 4.31. The summed E-state index contributed by atoms with van der Waals surface area (Å²) in [7, 11) is 0. The third kappa shape index (κ3) is 4.36. The van der Waals surface area contributed by atoms with Gasteiger partial charge in [0.1, 0.15) is 17.9 Å². The lowest BCUT2D eigenvalue weighted by atomic mass is 9.95. The van der Waals surface area contributed by atoms with Gasteiger partial charge in [0, 0.05) is 36.4 Å². The first-order valence-electron chi connectivity index (χ1n) is 9.36. The Kier molecular flexibility index (Phi) is 5.76. The monoisotopic (exact) mass is 397 g/mol.